The summed E-state index contributed by atoms with van der Waals surface area (Å²) in [4.78, 5) is 27.4. The molecule has 1 heterocycles. The molecule has 0 unspecified atom stereocenters. The number of rotatable bonds is 8. The second-order valence-corrected chi connectivity index (χ2v) is 7.61. The van der Waals surface area contributed by atoms with Gasteiger partial charge in [-0.25, -0.2) is 9.59 Å². The Morgan fingerprint density at radius 1 is 0.938 bits per heavy atom. The number of methoxy groups -OCH3 is 2. The van der Waals surface area contributed by atoms with E-state index >= 15 is 0 Å². The van der Waals surface area contributed by atoms with Gasteiger partial charge in [-0.1, -0.05) is 41.9 Å². The van der Waals surface area contributed by atoms with Gasteiger partial charge in [-0.3, -0.25) is 0 Å². The van der Waals surface area contributed by atoms with Crippen LogP contribution in [-0.2, 0) is 25.5 Å². The smallest absolute Gasteiger partial charge is 0.336 e. The van der Waals surface area contributed by atoms with Crippen molar-refractivity contribution in [3.05, 3.63) is 88.2 Å². The minimum absolute atomic E-state index is 0.332. The van der Waals surface area contributed by atoms with Crippen molar-refractivity contribution in [1.82, 2.24) is 4.90 Å². The van der Waals surface area contributed by atoms with E-state index in [4.69, 9.17) is 25.8 Å². The van der Waals surface area contributed by atoms with Crippen LogP contribution in [0.25, 0.3) is 0 Å². The first-order valence-corrected chi connectivity index (χ1v) is 10.7. The lowest BCUT2D eigenvalue weighted by molar-refractivity contribution is -0.137. The molecule has 0 fully saturated rings. The number of carbonyl (C=O) groups excluding carboxylic acids is 2. The van der Waals surface area contributed by atoms with Crippen LogP contribution in [0.2, 0.25) is 5.02 Å². The number of nitrogens with zero attached hydrogens (tertiary/aromatic N) is 1. The first-order chi connectivity index (χ1) is 15.5. The van der Waals surface area contributed by atoms with E-state index in [1.807, 2.05) is 60.4 Å². The topological polar surface area (TPSA) is 65.1 Å². The van der Waals surface area contributed by atoms with Crippen LogP contribution in [0.5, 0.6) is 5.75 Å². The summed E-state index contributed by atoms with van der Waals surface area (Å²) in [5.41, 5.74) is 2.44. The molecule has 3 rings (SSSR count). The normalized spacial score (nSPS) is 13.8. The highest BCUT2D eigenvalue weighted by molar-refractivity contribution is 6.30. The van der Waals surface area contributed by atoms with Gasteiger partial charge in [0, 0.05) is 29.5 Å². The van der Waals surface area contributed by atoms with E-state index in [2.05, 4.69) is 0 Å². The van der Waals surface area contributed by atoms with Crippen LogP contribution in [0.1, 0.15) is 24.0 Å². The highest BCUT2D eigenvalue weighted by Gasteiger charge is 2.36. The van der Waals surface area contributed by atoms with Crippen molar-refractivity contribution in [2.24, 2.45) is 0 Å². The minimum atomic E-state index is -0.676. The van der Waals surface area contributed by atoms with Crippen LogP contribution in [0.4, 0.5) is 0 Å². The van der Waals surface area contributed by atoms with Crippen molar-refractivity contribution in [2.75, 3.05) is 27.4 Å². The predicted molar refractivity (Wildman–Crippen MR) is 122 cm³/mol. The van der Waals surface area contributed by atoms with E-state index in [9.17, 15) is 9.59 Å². The van der Waals surface area contributed by atoms with Crippen LogP contribution in [0.3, 0.4) is 0 Å². The van der Waals surface area contributed by atoms with Gasteiger partial charge in [0.1, 0.15) is 5.75 Å². The van der Waals surface area contributed by atoms with Gasteiger partial charge in [0.05, 0.1) is 37.9 Å². The Kier molecular flexibility index (Phi) is 7.95. The van der Waals surface area contributed by atoms with Crippen LogP contribution in [0, 0.1) is 0 Å². The molecule has 32 heavy (non-hydrogen) atoms. The Labute approximate surface area is 193 Å². The van der Waals surface area contributed by atoms with E-state index in [1.165, 1.54) is 14.2 Å². The summed E-state index contributed by atoms with van der Waals surface area (Å²) >= 11 is 5.97. The Hall–Kier alpha value is -3.25. The van der Waals surface area contributed by atoms with Crippen molar-refractivity contribution >= 4 is 23.5 Å². The number of hydrogen-bond donors (Lipinski definition) is 0. The van der Waals surface area contributed by atoms with Crippen molar-refractivity contribution in [1.29, 1.82) is 0 Å². The zero-order valence-electron chi connectivity index (χ0n) is 18.3. The molecule has 6 nitrogen and oxygen atoms in total. The predicted octanol–water partition coefficient (Wildman–Crippen LogP) is 4.49. The largest absolute Gasteiger partial charge is 0.494 e. The van der Waals surface area contributed by atoms with Crippen LogP contribution < -0.4 is 4.74 Å². The van der Waals surface area contributed by atoms with E-state index < -0.39 is 17.9 Å². The van der Waals surface area contributed by atoms with Crippen molar-refractivity contribution in [3.63, 3.8) is 0 Å². The number of ether oxygens (including phenoxy) is 3. The van der Waals surface area contributed by atoms with Gasteiger partial charge in [-0.05, 0) is 37.1 Å². The van der Waals surface area contributed by atoms with Crippen molar-refractivity contribution in [3.8, 4) is 5.75 Å². The molecule has 7 heteroatoms. The molecular formula is C25H26ClNO5. The summed E-state index contributed by atoms with van der Waals surface area (Å²) in [5.74, 6) is -1.12. The lowest BCUT2D eigenvalue weighted by atomic mass is 9.82. The summed E-state index contributed by atoms with van der Waals surface area (Å²) in [6.45, 7) is 2.87. The number of esters is 2. The zero-order chi connectivity index (χ0) is 23.1. The van der Waals surface area contributed by atoms with Crippen LogP contribution >= 0.6 is 11.6 Å². The first-order valence-electron chi connectivity index (χ1n) is 10.3. The number of halogens is 1. The second-order valence-electron chi connectivity index (χ2n) is 7.17. The van der Waals surface area contributed by atoms with E-state index in [0.29, 0.717) is 47.1 Å². The summed E-state index contributed by atoms with van der Waals surface area (Å²) in [5, 5.41) is 0.670. The van der Waals surface area contributed by atoms with Gasteiger partial charge < -0.3 is 19.1 Å². The standard InChI is InChI=1S/C25H26ClNO5/c1-4-32-22-8-6-5-7-19(22)23-20(24(28)30-2)15-27(16-21(23)25(29)31-3)14-13-17-9-11-18(26)12-10-17/h5-12,15-16,23H,4,13-14H2,1-3H3. The number of hydrogen-bond acceptors (Lipinski definition) is 6. The van der Waals surface area contributed by atoms with Gasteiger partial charge in [-0.15, -0.1) is 0 Å². The van der Waals surface area contributed by atoms with E-state index in [0.717, 1.165) is 5.56 Å². The Balaban J connectivity index is 2.01. The Morgan fingerprint density at radius 2 is 1.53 bits per heavy atom. The van der Waals surface area contributed by atoms with E-state index in [1.54, 1.807) is 12.4 Å². The monoisotopic (exact) mass is 455 g/mol. The van der Waals surface area contributed by atoms with Gasteiger partial charge >= 0.3 is 11.9 Å². The maximum absolute atomic E-state index is 12.8. The van der Waals surface area contributed by atoms with Crippen LogP contribution in [-0.4, -0.2) is 44.2 Å². The maximum atomic E-state index is 12.8. The average molecular weight is 456 g/mol. The third-order valence-corrected chi connectivity index (χ3v) is 5.43. The fourth-order valence-electron chi connectivity index (χ4n) is 3.67. The lowest BCUT2D eigenvalue weighted by Crippen LogP contribution is -2.30. The Bertz CT molecular complexity index is 995. The average Bonchev–Trinajstić information content (AvgIpc) is 2.82. The molecule has 0 atom stereocenters. The molecule has 0 radical (unpaired) electrons. The fraction of sp³-hybridized carbons (Fsp3) is 0.280. The molecule has 168 valence electrons. The highest BCUT2D eigenvalue weighted by Crippen LogP contribution is 2.41. The summed E-state index contributed by atoms with van der Waals surface area (Å²) in [6.07, 6.45) is 4.14. The molecule has 0 saturated carbocycles. The first kappa shape index (κ1) is 23.4. The van der Waals surface area contributed by atoms with E-state index in [-0.39, 0.29) is 0 Å². The molecule has 0 aromatic heterocycles. The van der Waals surface area contributed by atoms with Crippen molar-refractivity contribution in [2.45, 2.75) is 19.3 Å². The molecule has 0 aliphatic carbocycles. The molecule has 0 N–H and O–H groups in total. The fourth-order valence-corrected chi connectivity index (χ4v) is 3.79. The van der Waals surface area contributed by atoms with Crippen LogP contribution in [0.15, 0.2) is 72.1 Å². The third kappa shape index (κ3) is 5.32. The number of carbonyl (C=O) groups is 2. The summed E-state index contributed by atoms with van der Waals surface area (Å²) in [6, 6.07) is 14.9. The molecular weight excluding hydrogens is 430 g/mol. The zero-order valence-corrected chi connectivity index (χ0v) is 19.1. The summed E-state index contributed by atoms with van der Waals surface area (Å²) < 4.78 is 15.9. The minimum Gasteiger partial charge on any atom is -0.494 e. The van der Waals surface area contributed by atoms with Gasteiger partial charge in [0.15, 0.2) is 0 Å². The van der Waals surface area contributed by atoms with Crippen molar-refractivity contribution < 1.29 is 23.8 Å². The summed E-state index contributed by atoms with van der Waals surface area (Å²) in [7, 11) is 2.64. The molecule has 2 aromatic rings. The lowest BCUT2D eigenvalue weighted by Gasteiger charge is -2.30. The molecule has 0 saturated heterocycles. The van der Waals surface area contributed by atoms with Gasteiger partial charge in [0.2, 0.25) is 0 Å². The molecule has 2 aromatic carbocycles. The third-order valence-electron chi connectivity index (χ3n) is 5.18. The number of para-hydroxylation sites is 1. The second kappa shape index (κ2) is 10.9. The SMILES string of the molecule is CCOc1ccccc1C1C(C(=O)OC)=CN(CCc2ccc(Cl)cc2)C=C1C(=O)OC. The maximum Gasteiger partial charge on any atom is 0.336 e. The van der Waals surface area contributed by atoms with Gasteiger partial charge in [-0.2, -0.15) is 0 Å². The molecule has 1 aliphatic rings. The molecule has 0 bridgehead atoms. The number of benzene rings is 2. The molecule has 0 spiro atoms. The molecule has 0 amide bonds. The Morgan fingerprint density at radius 3 is 2.09 bits per heavy atom. The molecule has 1 aliphatic heterocycles. The van der Waals surface area contributed by atoms with Gasteiger partial charge in [0.25, 0.3) is 0 Å². The highest BCUT2D eigenvalue weighted by atomic mass is 35.5. The quantitative estimate of drug-likeness (QED) is 0.546.